The molecule has 1 saturated carbocycles. The van der Waals surface area contributed by atoms with Gasteiger partial charge in [-0.05, 0) is 62.9 Å². The predicted octanol–water partition coefficient (Wildman–Crippen LogP) is 5.67. The molecule has 2 aromatic carbocycles. The zero-order chi connectivity index (χ0) is 25.2. The Morgan fingerprint density at radius 2 is 1.86 bits per heavy atom. The quantitative estimate of drug-likeness (QED) is 0.295. The van der Waals surface area contributed by atoms with Crippen LogP contribution in [-0.4, -0.2) is 36.4 Å². The molecule has 188 valence electrons. The van der Waals surface area contributed by atoms with Gasteiger partial charge in [-0.15, -0.1) is 0 Å². The molecular weight excluding hydrogens is 461 g/mol. The van der Waals surface area contributed by atoms with Crippen LogP contribution < -0.4 is 20.5 Å². The summed E-state index contributed by atoms with van der Waals surface area (Å²) in [6, 6.07) is 6.54. The fraction of sp³-hybridized carbons (Fsp3) is 0.440. The van der Waals surface area contributed by atoms with E-state index in [0.717, 1.165) is 25.0 Å². The van der Waals surface area contributed by atoms with Crippen LogP contribution in [0.5, 0.6) is 11.5 Å². The number of methoxy groups -OCH3 is 1. The maximum Gasteiger partial charge on any atom is 0.416 e. The number of nitrogens with zero attached hydrogens (tertiary/aromatic N) is 2. The SMILES string of the molecule is COc1cc2nc(C)nc(N[C@H](C)c3cc(N)cc(C(F)(F)F)c3)c2cc1OCCOC1CCC1. The molecule has 3 aromatic rings. The Morgan fingerprint density at radius 1 is 1.09 bits per heavy atom. The van der Waals surface area contributed by atoms with Crippen LogP contribution in [0.25, 0.3) is 10.9 Å². The molecule has 1 atom stereocenters. The van der Waals surface area contributed by atoms with Crippen molar-refractivity contribution in [1.29, 1.82) is 0 Å². The van der Waals surface area contributed by atoms with E-state index in [1.807, 2.05) is 0 Å². The molecule has 0 unspecified atom stereocenters. The van der Waals surface area contributed by atoms with Crippen molar-refractivity contribution in [3.05, 3.63) is 47.3 Å². The van der Waals surface area contributed by atoms with Crippen molar-refractivity contribution in [3.63, 3.8) is 0 Å². The summed E-state index contributed by atoms with van der Waals surface area (Å²) in [7, 11) is 1.55. The lowest BCUT2D eigenvalue weighted by Crippen LogP contribution is -2.23. The molecule has 1 heterocycles. The first-order valence-corrected chi connectivity index (χ1v) is 11.5. The molecule has 10 heteroatoms. The second kappa shape index (κ2) is 10.2. The highest BCUT2D eigenvalue weighted by molar-refractivity contribution is 5.92. The van der Waals surface area contributed by atoms with E-state index in [0.29, 0.717) is 58.9 Å². The minimum Gasteiger partial charge on any atom is -0.493 e. The van der Waals surface area contributed by atoms with Crippen molar-refractivity contribution >= 4 is 22.4 Å². The van der Waals surface area contributed by atoms with Gasteiger partial charge in [-0.1, -0.05) is 0 Å². The average Bonchev–Trinajstić information content (AvgIpc) is 2.76. The second-order valence-corrected chi connectivity index (χ2v) is 8.66. The number of rotatable bonds is 9. The van der Waals surface area contributed by atoms with Crippen molar-refractivity contribution in [2.45, 2.75) is 51.4 Å². The Kier molecular flexibility index (Phi) is 7.20. The van der Waals surface area contributed by atoms with E-state index in [1.54, 1.807) is 33.1 Å². The minimum absolute atomic E-state index is 0.0387. The number of anilines is 2. The van der Waals surface area contributed by atoms with Gasteiger partial charge < -0.3 is 25.3 Å². The fourth-order valence-corrected chi connectivity index (χ4v) is 3.92. The Bertz CT molecular complexity index is 1200. The lowest BCUT2D eigenvalue weighted by Gasteiger charge is -2.25. The first-order chi connectivity index (χ1) is 16.6. The number of hydrogen-bond acceptors (Lipinski definition) is 7. The molecule has 0 aliphatic heterocycles. The number of aromatic nitrogens is 2. The standard InChI is InChI=1S/C25H29F3N4O3/c1-14(16-9-17(25(26,27)28)11-18(29)10-16)30-24-20-12-23(35-8-7-34-19-5-4-6-19)22(33-3)13-21(20)31-15(2)32-24/h9-14,19H,4-8,29H2,1-3H3,(H,30,31,32)/t14-/m1/s1. The highest BCUT2D eigenvalue weighted by Gasteiger charge is 2.31. The summed E-state index contributed by atoms with van der Waals surface area (Å²) in [5.41, 5.74) is 6.00. The van der Waals surface area contributed by atoms with Crippen LogP contribution in [0.1, 0.15) is 49.2 Å². The molecule has 1 fully saturated rings. The van der Waals surface area contributed by atoms with Crippen LogP contribution in [0.3, 0.4) is 0 Å². The van der Waals surface area contributed by atoms with Gasteiger partial charge in [-0.3, -0.25) is 0 Å². The third kappa shape index (κ3) is 5.87. The van der Waals surface area contributed by atoms with Gasteiger partial charge in [0.2, 0.25) is 0 Å². The van der Waals surface area contributed by atoms with Crippen LogP contribution in [0.2, 0.25) is 0 Å². The first kappa shape index (κ1) is 24.8. The summed E-state index contributed by atoms with van der Waals surface area (Å²) in [5, 5.41) is 3.87. The van der Waals surface area contributed by atoms with Gasteiger partial charge >= 0.3 is 6.18 Å². The number of ether oxygens (including phenoxy) is 3. The summed E-state index contributed by atoms with van der Waals surface area (Å²) >= 11 is 0. The second-order valence-electron chi connectivity index (χ2n) is 8.66. The van der Waals surface area contributed by atoms with Crippen LogP contribution >= 0.6 is 0 Å². The number of nitrogens with two attached hydrogens (primary N) is 1. The molecule has 0 amide bonds. The van der Waals surface area contributed by atoms with E-state index in [2.05, 4.69) is 15.3 Å². The molecule has 1 aromatic heterocycles. The number of alkyl halides is 3. The minimum atomic E-state index is -4.49. The van der Waals surface area contributed by atoms with Gasteiger partial charge in [-0.25, -0.2) is 9.97 Å². The summed E-state index contributed by atoms with van der Waals surface area (Å²) in [6.07, 6.45) is -0.810. The van der Waals surface area contributed by atoms with E-state index in [1.165, 1.54) is 12.5 Å². The van der Waals surface area contributed by atoms with E-state index in [4.69, 9.17) is 19.9 Å². The van der Waals surface area contributed by atoms with Gasteiger partial charge in [0.25, 0.3) is 0 Å². The molecule has 0 radical (unpaired) electrons. The number of benzene rings is 2. The Hall–Kier alpha value is -3.27. The molecule has 0 bridgehead atoms. The topological polar surface area (TPSA) is 91.5 Å². The number of hydrogen-bond donors (Lipinski definition) is 2. The van der Waals surface area contributed by atoms with Gasteiger partial charge in [0.1, 0.15) is 18.2 Å². The van der Waals surface area contributed by atoms with E-state index < -0.39 is 17.8 Å². The maximum absolute atomic E-state index is 13.3. The third-order valence-corrected chi connectivity index (χ3v) is 6.00. The number of aryl methyl sites for hydroxylation is 1. The molecular formula is C25H29F3N4O3. The van der Waals surface area contributed by atoms with Crippen molar-refractivity contribution in [2.24, 2.45) is 0 Å². The average molecular weight is 491 g/mol. The van der Waals surface area contributed by atoms with E-state index in [9.17, 15) is 13.2 Å². The highest BCUT2D eigenvalue weighted by Crippen LogP contribution is 2.37. The van der Waals surface area contributed by atoms with E-state index >= 15 is 0 Å². The molecule has 4 rings (SSSR count). The Labute approximate surface area is 201 Å². The predicted molar refractivity (Wildman–Crippen MR) is 128 cm³/mol. The summed E-state index contributed by atoms with van der Waals surface area (Å²) in [5.74, 6) is 1.99. The summed E-state index contributed by atoms with van der Waals surface area (Å²) in [4.78, 5) is 8.98. The van der Waals surface area contributed by atoms with Crippen LogP contribution in [0, 0.1) is 6.92 Å². The fourth-order valence-electron chi connectivity index (χ4n) is 3.92. The smallest absolute Gasteiger partial charge is 0.416 e. The lowest BCUT2D eigenvalue weighted by atomic mass is 9.96. The molecule has 0 spiro atoms. The zero-order valence-corrected chi connectivity index (χ0v) is 19.9. The monoisotopic (exact) mass is 490 g/mol. The summed E-state index contributed by atoms with van der Waals surface area (Å²) < 4.78 is 57.0. The number of halogens is 3. The number of fused-ring (bicyclic) bond motifs is 1. The first-order valence-electron chi connectivity index (χ1n) is 11.5. The van der Waals surface area contributed by atoms with Gasteiger partial charge in [0.05, 0.1) is 36.9 Å². The van der Waals surface area contributed by atoms with Crippen molar-refractivity contribution in [3.8, 4) is 11.5 Å². The van der Waals surface area contributed by atoms with Crippen LogP contribution in [-0.2, 0) is 10.9 Å². The maximum atomic E-state index is 13.3. The molecule has 7 nitrogen and oxygen atoms in total. The Balaban J connectivity index is 1.60. The molecule has 35 heavy (non-hydrogen) atoms. The third-order valence-electron chi connectivity index (χ3n) is 6.00. The number of nitrogens with one attached hydrogen (secondary N) is 1. The zero-order valence-electron chi connectivity index (χ0n) is 19.9. The molecule has 0 saturated heterocycles. The van der Waals surface area contributed by atoms with Crippen molar-refractivity contribution < 1.29 is 27.4 Å². The van der Waals surface area contributed by atoms with Crippen LogP contribution in [0.4, 0.5) is 24.7 Å². The van der Waals surface area contributed by atoms with Gasteiger partial charge in [0.15, 0.2) is 11.5 Å². The van der Waals surface area contributed by atoms with Crippen molar-refractivity contribution in [1.82, 2.24) is 9.97 Å². The van der Waals surface area contributed by atoms with Crippen molar-refractivity contribution in [2.75, 3.05) is 31.4 Å². The van der Waals surface area contributed by atoms with Gasteiger partial charge in [0, 0.05) is 17.1 Å². The Morgan fingerprint density at radius 3 is 2.51 bits per heavy atom. The molecule has 1 aliphatic carbocycles. The van der Waals surface area contributed by atoms with Gasteiger partial charge in [-0.2, -0.15) is 13.2 Å². The van der Waals surface area contributed by atoms with Crippen LogP contribution in [0.15, 0.2) is 30.3 Å². The molecule has 3 N–H and O–H groups in total. The normalized spacial score (nSPS) is 15.0. The highest BCUT2D eigenvalue weighted by atomic mass is 19.4. The summed E-state index contributed by atoms with van der Waals surface area (Å²) in [6.45, 7) is 4.31. The van der Waals surface area contributed by atoms with E-state index in [-0.39, 0.29) is 5.69 Å². The molecule has 1 aliphatic rings. The number of nitrogen functional groups attached to an aromatic ring is 1. The largest absolute Gasteiger partial charge is 0.493 e. The lowest BCUT2D eigenvalue weighted by molar-refractivity contribution is -0.137.